The molecule has 3 aromatic rings. The number of nitrogens with zero attached hydrogens (tertiary/aromatic N) is 4. The van der Waals surface area contributed by atoms with E-state index in [1.807, 2.05) is 6.07 Å². The number of para-hydroxylation sites is 1. The fourth-order valence-corrected chi connectivity index (χ4v) is 23.1. The predicted octanol–water partition coefficient (Wildman–Crippen LogP) is 5.46. The number of imidazole rings is 1. The maximum absolute atomic E-state index is 12.7. The number of anilines is 1. The second kappa shape index (κ2) is 11.1. The van der Waals surface area contributed by atoms with Crippen molar-refractivity contribution in [2.45, 2.75) is 107 Å². The van der Waals surface area contributed by atoms with Gasteiger partial charge in [0.1, 0.15) is 35.4 Å². The van der Waals surface area contributed by atoms with Gasteiger partial charge in [0, 0.05) is 6.42 Å². The Balaban J connectivity index is 1.52. The van der Waals surface area contributed by atoms with Crippen LogP contribution in [0.25, 0.3) is 11.2 Å². The highest BCUT2D eigenvalue weighted by Gasteiger charge is 2.76. The lowest BCUT2D eigenvalue weighted by atomic mass is 10.1. The maximum Gasteiger partial charge on any atom is 0.418 e. The first-order valence-electron chi connectivity index (χ1n) is 14.8. The smallest absolute Gasteiger partial charge is 0.418 e. The molecule has 1 unspecified atom stereocenters. The van der Waals surface area contributed by atoms with Gasteiger partial charge in [-0.05, 0) is 34.3 Å². The van der Waals surface area contributed by atoms with Gasteiger partial charge in [0.2, 0.25) is 16.6 Å². The van der Waals surface area contributed by atoms with Crippen molar-refractivity contribution in [3.8, 4) is 5.75 Å². The molecule has 2 aliphatic rings. The standard InChI is InChI=1S/C29H43N5O6Si2/c1-17(2)41(18(3)4)27(35)24-29(37,42(40-41,19(5)6)20(7)8)14-22(39-24)34-16-32-23-25(30-15-31-26(23)34)33-28(36)38-21-12-10-9-11-13-21/h9-13,15-20,22,24,27,35,37H,14H2,1-8H3,(H,30,31,33,36)/t22-,24-,27?,29+/m1/s1. The third-order valence-corrected chi connectivity index (χ3v) is 22.3. The Morgan fingerprint density at radius 2 is 1.67 bits per heavy atom. The number of fused-ring (bicyclic) bond motifs is 2. The Morgan fingerprint density at radius 1 is 1.02 bits per heavy atom. The summed E-state index contributed by atoms with van der Waals surface area (Å²) in [5.41, 5.74) is 0.273. The largest absolute Gasteiger partial charge is 0.451 e. The number of hydrogen-bond acceptors (Lipinski definition) is 9. The molecule has 5 rings (SSSR count). The minimum absolute atomic E-state index is 0.0810. The maximum atomic E-state index is 12.7. The van der Waals surface area contributed by atoms with Crippen molar-refractivity contribution in [2.24, 2.45) is 0 Å². The van der Waals surface area contributed by atoms with Crippen LogP contribution < -0.4 is 10.1 Å². The van der Waals surface area contributed by atoms with E-state index < -0.39 is 46.0 Å². The van der Waals surface area contributed by atoms with E-state index in [0.29, 0.717) is 16.9 Å². The van der Waals surface area contributed by atoms with Crippen molar-refractivity contribution in [1.29, 1.82) is 0 Å². The fraction of sp³-hybridized carbons (Fsp3) is 0.586. The highest BCUT2D eigenvalue weighted by Crippen LogP contribution is 2.60. The van der Waals surface area contributed by atoms with E-state index in [9.17, 15) is 15.0 Å². The predicted molar refractivity (Wildman–Crippen MR) is 164 cm³/mol. The van der Waals surface area contributed by atoms with Gasteiger partial charge >= 0.3 is 6.09 Å². The Bertz CT molecular complexity index is 1420. The van der Waals surface area contributed by atoms with Crippen molar-refractivity contribution in [3.63, 3.8) is 0 Å². The van der Waals surface area contributed by atoms with Crippen molar-refractivity contribution in [3.05, 3.63) is 43.0 Å². The minimum atomic E-state index is -2.99. The van der Waals surface area contributed by atoms with Gasteiger partial charge in [-0.1, -0.05) is 73.6 Å². The molecular weight excluding hydrogens is 571 g/mol. The van der Waals surface area contributed by atoms with Crippen LogP contribution in [0.4, 0.5) is 10.6 Å². The Labute approximate surface area is 248 Å². The zero-order valence-electron chi connectivity index (χ0n) is 25.6. The SMILES string of the molecule is CC(C)[Si]1(C(C)C)O[Si](C(C)C)(C(C)C)[C@@]2(O)C[C@H](n3cnc4c(NC(=O)Oc5ccccc5)ncnc43)O[C@@H]2C1O. The highest BCUT2D eigenvalue weighted by molar-refractivity contribution is 6.93. The molecule has 0 saturated carbocycles. The molecule has 0 radical (unpaired) electrons. The number of aromatic nitrogens is 4. The summed E-state index contributed by atoms with van der Waals surface area (Å²) < 4.78 is 21.2. The molecule has 42 heavy (non-hydrogen) atoms. The van der Waals surface area contributed by atoms with Gasteiger partial charge in [-0.15, -0.1) is 0 Å². The number of ether oxygens (including phenoxy) is 2. The van der Waals surface area contributed by atoms with Crippen LogP contribution in [0.2, 0.25) is 22.2 Å². The average Bonchev–Trinajstić information content (AvgIpc) is 3.51. The Hall–Kier alpha value is -2.69. The molecule has 3 N–H and O–H groups in total. The minimum Gasteiger partial charge on any atom is -0.451 e. The number of rotatable bonds is 7. The summed E-state index contributed by atoms with van der Waals surface area (Å²) in [4.78, 5) is 25.8. The number of nitrogens with one attached hydrogen (secondary N) is 1. The van der Waals surface area contributed by atoms with Gasteiger partial charge in [-0.3, -0.25) is 9.88 Å². The fourth-order valence-electron chi connectivity index (χ4n) is 7.63. The molecule has 0 spiro atoms. The number of amides is 1. The third kappa shape index (κ3) is 4.52. The quantitative estimate of drug-likeness (QED) is 0.296. The summed E-state index contributed by atoms with van der Waals surface area (Å²) in [6.07, 6.45) is 0.977. The van der Waals surface area contributed by atoms with Crippen LogP contribution in [-0.2, 0) is 8.85 Å². The molecule has 0 bridgehead atoms. The van der Waals surface area contributed by atoms with Crippen LogP contribution in [0.5, 0.6) is 5.75 Å². The normalized spacial score (nSPS) is 26.8. The second-order valence-electron chi connectivity index (χ2n) is 12.8. The number of carbonyl (C=O) groups excluding carboxylic acids is 1. The van der Waals surface area contributed by atoms with Crippen LogP contribution in [-0.4, -0.2) is 69.5 Å². The summed E-state index contributed by atoms with van der Waals surface area (Å²) in [5, 5.41) is 26.1. The van der Waals surface area contributed by atoms with E-state index in [4.69, 9.17) is 13.6 Å². The molecule has 2 fully saturated rings. The van der Waals surface area contributed by atoms with E-state index in [1.165, 1.54) is 6.33 Å². The van der Waals surface area contributed by atoms with Gasteiger partial charge in [0.25, 0.3) is 0 Å². The van der Waals surface area contributed by atoms with Gasteiger partial charge in [-0.25, -0.2) is 19.7 Å². The Morgan fingerprint density at radius 3 is 2.26 bits per heavy atom. The molecule has 2 aliphatic heterocycles. The third-order valence-electron chi connectivity index (χ3n) is 9.39. The first-order chi connectivity index (χ1) is 19.8. The number of aliphatic hydroxyl groups is 2. The molecule has 11 nitrogen and oxygen atoms in total. The summed E-state index contributed by atoms with van der Waals surface area (Å²) in [5.74, 6) is 0.587. The molecule has 2 aromatic heterocycles. The lowest BCUT2D eigenvalue weighted by Crippen LogP contribution is -2.82. The van der Waals surface area contributed by atoms with Crippen molar-refractivity contribution >= 4 is 39.7 Å². The highest BCUT2D eigenvalue weighted by atomic mass is 28.4. The van der Waals surface area contributed by atoms with E-state index in [-0.39, 0.29) is 34.4 Å². The molecule has 1 amide bonds. The van der Waals surface area contributed by atoms with Crippen LogP contribution >= 0.6 is 0 Å². The lowest BCUT2D eigenvalue weighted by Gasteiger charge is -2.62. The average molecular weight is 614 g/mol. The van der Waals surface area contributed by atoms with Gasteiger partial charge < -0.3 is 23.8 Å². The van der Waals surface area contributed by atoms with Crippen molar-refractivity contribution in [1.82, 2.24) is 19.5 Å². The van der Waals surface area contributed by atoms with E-state index in [0.717, 1.165) is 0 Å². The Kier molecular flexibility index (Phi) is 8.13. The van der Waals surface area contributed by atoms with Gasteiger partial charge in [0.05, 0.1) is 6.33 Å². The van der Waals surface area contributed by atoms with E-state index in [1.54, 1.807) is 35.2 Å². The molecule has 2 saturated heterocycles. The van der Waals surface area contributed by atoms with Crippen LogP contribution in [0.1, 0.15) is 68.0 Å². The molecule has 4 heterocycles. The zero-order valence-corrected chi connectivity index (χ0v) is 27.6. The summed E-state index contributed by atoms with van der Waals surface area (Å²) in [6.45, 7) is 17.1. The summed E-state index contributed by atoms with van der Waals surface area (Å²) >= 11 is 0. The van der Waals surface area contributed by atoms with Crippen molar-refractivity contribution < 1.29 is 28.6 Å². The van der Waals surface area contributed by atoms with Crippen molar-refractivity contribution in [2.75, 3.05) is 5.32 Å². The molecular formula is C29H43N5O6Si2. The molecule has 0 aliphatic carbocycles. The first-order valence-corrected chi connectivity index (χ1v) is 19.0. The zero-order chi connectivity index (χ0) is 30.6. The number of benzene rings is 1. The summed E-state index contributed by atoms with van der Waals surface area (Å²) in [7, 11) is -5.84. The molecule has 1 aromatic carbocycles. The number of aliphatic hydroxyl groups excluding tert-OH is 1. The van der Waals surface area contributed by atoms with Gasteiger partial charge in [-0.2, -0.15) is 0 Å². The second-order valence-corrected chi connectivity index (χ2v) is 23.0. The van der Waals surface area contributed by atoms with E-state index >= 15 is 0 Å². The molecule has 228 valence electrons. The first kappa shape index (κ1) is 30.8. The van der Waals surface area contributed by atoms with Crippen LogP contribution in [0, 0.1) is 0 Å². The number of hydrogen-bond donors (Lipinski definition) is 3. The van der Waals surface area contributed by atoms with Gasteiger partial charge in [0.15, 0.2) is 17.0 Å². The molecule has 4 atom stereocenters. The summed E-state index contributed by atoms with van der Waals surface area (Å²) in [6, 6.07) is 8.73. The topological polar surface area (TPSA) is 141 Å². The monoisotopic (exact) mass is 613 g/mol. The van der Waals surface area contributed by atoms with Crippen LogP contribution in [0.15, 0.2) is 43.0 Å². The number of carbonyl (C=O) groups is 1. The van der Waals surface area contributed by atoms with E-state index in [2.05, 4.69) is 75.7 Å². The molecule has 13 heteroatoms. The van der Waals surface area contributed by atoms with Crippen LogP contribution in [0.3, 0.4) is 0 Å². The lowest BCUT2D eigenvalue weighted by molar-refractivity contribution is -0.0907.